The van der Waals surface area contributed by atoms with Crippen LogP contribution in [0.15, 0.2) is 22.7 Å². The zero-order valence-electron chi connectivity index (χ0n) is 15.1. The Labute approximate surface area is 171 Å². The molecule has 1 unspecified atom stereocenters. The smallest absolute Gasteiger partial charge is 0.290 e. The number of Topliss-reactive ketones (excluding diaryl/α,β-unsaturated/α-hetero) is 1. The van der Waals surface area contributed by atoms with Crippen LogP contribution in [-0.2, 0) is 20.8 Å². The van der Waals surface area contributed by atoms with Crippen LogP contribution in [0.3, 0.4) is 0 Å². The van der Waals surface area contributed by atoms with Gasteiger partial charge in [-0.15, -0.1) is 0 Å². The van der Waals surface area contributed by atoms with E-state index in [1.165, 1.54) is 11.9 Å². The summed E-state index contributed by atoms with van der Waals surface area (Å²) in [7, 11) is 1.50. The Hall–Kier alpha value is -2.45. The third-order valence-corrected chi connectivity index (χ3v) is 5.15. The summed E-state index contributed by atoms with van der Waals surface area (Å²) >= 11 is 11.9. The third-order valence-electron chi connectivity index (χ3n) is 4.41. The number of carbonyl (C=O) groups is 3. The fourth-order valence-electron chi connectivity index (χ4n) is 2.82. The quantitative estimate of drug-likeness (QED) is 0.414. The van der Waals surface area contributed by atoms with Crippen molar-refractivity contribution in [2.45, 2.75) is 19.3 Å². The highest BCUT2D eigenvalue weighted by atomic mass is 35.5. The second-order valence-electron chi connectivity index (χ2n) is 6.49. The Kier molecular flexibility index (Phi) is 6.31. The van der Waals surface area contributed by atoms with Gasteiger partial charge < -0.3 is 14.7 Å². The summed E-state index contributed by atoms with van der Waals surface area (Å²) < 4.78 is 5.22. The van der Waals surface area contributed by atoms with Gasteiger partial charge in [0, 0.05) is 32.1 Å². The standard InChI is InChI=1S/C18H18Cl2N4O4/c1-24-9-11(15(25)18(24)27)17(26)21-7-3-2-4-14-22-16(23-28-14)10-5-6-12(19)13(20)8-10/h5-6,8,11H,2-4,7,9H2,1H3,(H,21,26). The lowest BCUT2D eigenvalue weighted by Gasteiger charge is -2.09. The molecule has 10 heteroatoms. The number of aryl methyl sites for hydroxylation is 1. The maximum Gasteiger partial charge on any atom is 0.290 e. The van der Waals surface area contributed by atoms with Crippen molar-refractivity contribution in [1.29, 1.82) is 0 Å². The number of likely N-dealkylation sites (tertiary alicyclic amines) is 1. The van der Waals surface area contributed by atoms with Gasteiger partial charge in [-0.05, 0) is 31.0 Å². The van der Waals surface area contributed by atoms with Crippen molar-refractivity contribution in [1.82, 2.24) is 20.4 Å². The van der Waals surface area contributed by atoms with Crippen molar-refractivity contribution in [3.05, 3.63) is 34.1 Å². The number of benzene rings is 1. The highest BCUT2D eigenvalue weighted by molar-refractivity contribution is 6.42. The summed E-state index contributed by atoms with van der Waals surface area (Å²) in [4.78, 5) is 40.7. The number of nitrogens with one attached hydrogen (secondary N) is 1. The van der Waals surface area contributed by atoms with E-state index >= 15 is 0 Å². The lowest BCUT2D eigenvalue weighted by atomic mass is 10.1. The van der Waals surface area contributed by atoms with Gasteiger partial charge in [-0.1, -0.05) is 28.4 Å². The molecule has 1 saturated heterocycles. The van der Waals surface area contributed by atoms with Crippen LogP contribution >= 0.6 is 23.2 Å². The van der Waals surface area contributed by atoms with E-state index in [0.29, 0.717) is 53.1 Å². The first kappa shape index (κ1) is 20.3. The summed E-state index contributed by atoms with van der Waals surface area (Å²) in [5, 5.41) is 7.48. The topological polar surface area (TPSA) is 105 Å². The second kappa shape index (κ2) is 8.70. The Morgan fingerprint density at radius 3 is 2.75 bits per heavy atom. The normalized spacial score (nSPS) is 16.7. The van der Waals surface area contributed by atoms with Gasteiger partial charge in [0.25, 0.3) is 5.91 Å². The number of halogens is 2. The van der Waals surface area contributed by atoms with Crippen LogP contribution in [0.4, 0.5) is 0 Å². The molecule has 3 rings (SSSR count). The molecule has 2 amide bonds. The molecule has 1 atom stereocenters. The number of carbonyl (C=O) groups excluding carboxylic acids is 3. The molecule has 1 N–H and O–H groups in total. The highest BCUT2D eigenvalue weighted by Gasteiger charge is 2.41. The van der Waals surface area contributed by atoms with E-state index in [1.54, 1.807) is 18.2 Å². The molecular weight excluding hydrogens is 407 g/mol. The number of hydrogen-bond donors (Lipinski definition) is 1. The van der Waals surface area contributed by atoms with Gasteiger partial charge in [0.2, 0.25) is 23.4 Å². The maximum absolute atomic E-state index is 12.0. The minimum Gasteiger partial charge on any atom is -0.355 e. The molecule has 0 saturated carbocycles. The molecular formula is C18H18Cl2N4O4. The SMILES string of the molecule is CN1CC(C(=O)NCCCCc2nc(-c3ccc(Cl)c(Cl)c3)no2)C(=O)C1=O. The van der Waals surface area contributed by atoms with Crippen LogP contribution in [0, 0.1) is 5.92 Å². The van der Waals surface area contributed by atoms with Gasteiger partial charge in [0.1, 0.15) is 5.92 Å². The fraction of sp³-hybridized carbons (Fsp3) is 0.389. The van der Waals surface area contributed by atoms with E-state index in [4.69, 9.17) is 27.7 Å². The summed E-state index contributed by atoms with van der Waals surface area (Å²) in [5.41, 5.74) is 0.706. The first-order chi connectivity index (χ1) is 13.4. The Balaban J connectivity index is 1.42. The number of aromatic nitrogens is 2. The summed E-state index contributed by atoms with van der Waals surface area (Å²) in [5.74, 6) is -1.69. The van der Waals surface area contributed by atoms with Crippen molar-refractivity contribution < 1.29 is 18.9 Å². The molecule has 1 aromatic heterocycles. The molecule has 0 radical (unpaired) electrons. The van der Waals surface area contributed by atoms with Crippen molar-refractivity contribution >= 4 is 40.8 Å². The van der Waals surface area contributed by atoms with Crippen molar-refractivity contribution in [3.8, 4) is 11.4 Å². The van der Waals surface area contributed by atoms with E-state index in [2.05, 4.69) is 15.5 Å². The number of unbranched alkanes of at least 4 members (excludes halogenated alkanes) is 1. The minimum absolute atomic E-state index is 0.128. The van der Waals surface area contributed by atoms with Crippen LogP contribution < -0.4 is 5.32 Å². The van der Waals surface area contributed by atoms with Crippen LogP contribution in [-0.4, -0.2) is 52.8 Å². The van der Waals surface area contributed by atoms with Crippen molar-refractivity contribution in [3.63, 3.8) is 0 Å². The van der Waals surface area contributed by atoms with Crippen LogP contribution in [0.25, 0.3) is 11.4 Å². The Bertz CT molecular complexity index is 915. The maximum atomic E-state index is 12.0. The zero-order valence-corrected chi connectivity index (χ0v) is 16.6. The second-order valence-corrected chi connectivity index (χ2v) is 7.31. The van der Waals surface area contributed by atoms with E-state index in [9.17, 15) is 14.4 Å². The molecule has 1 aliphatic rings. The van der Waals surface area contributed by atoms with E-state index < -0.39 is 23.5 Å². The molecule has 28 heavy (non-hydrogen) atoms. The van der Waals surface area contributed by atoms with E-state index in [1.807, 2.05) is 0 Å². The molecule has 0 bridgehead atoms. The number of ketones is 1. The summed E-state index contributed by atoms with van der Waals surface area (Å²) in [6.07, 6.45) is 1.93. The van der Waals surface area contributed by atoms with Crippen LogP contribution in [0.1, 0.15) is 18.7 Å². The predicted octanol–water partition coefficient (Wildman–Crippen LogP) is 2.14. The number of hydrogen-bond acceptors (Lipinski definition) is 6. The van der Waals surface area contributed by atoms with E-state index in [-0.39, 0.29) is 6.54 Å². The average molecular weight is 425 g/mol. The van der Waals surface area contributed by atoms with Gasteiger partial charge in [0.15, 0.2) is 0 Å². The molecule has 0 spiro atoms. The Morgan fingerprint density at radius 1 is 1.29 bits per heavy atom. The van der Waals surface area contributed by atoms with Gasteiger partial charge >= 0.3 is 0 Å². The zero-order chi connectivity index (χ0) is 20.3. The van der Waals surface area contributed by atoms with Gasteiger partial charge in [-0.2, -0.15) is 4.98 Å². The Morgan fingerprint density at radius 2 is 2.07 bits per heavy atom. The highest BCUT2D eigenvalue weighted by Crippen LogP contribution is 2.27. The fourth-order valence-corrected chi connectivity index (χ4v) is 3.12. The molecule has 0 aliphatic carbocycles. The molecule has 8 nitrogen and oxygen atoms in total. The van der Waals surface area contributed by atoms with Gasteiger partial charge in [0.05, 0.1) is 10.0 Å². The number of nitrogens with zero attached hydrogens (tertiary/aromatic N) is 3. The number of amides is 2. The third kappa shape index (κ3) is 4.51. The number of likely N-dealkylation sites (N-methyl/N-ethyl adjacent to an activating group) is 1. The molecule has 1 aromatic carbocycles. The largest absolute Gasteiger partial charge is 0.355 e. The first-order valence-corrected chi connectivity index (χ1v) is 9.47. The monoisotopic (exact) mass is 424 g/mol. The molecule has 148 valence electrons. The lowest BCUT2D eigenvalue weighted by Crippen LogP contribution is -2.36. The minimum atomic E-state index is -0.915. The molecule has 1 fully saturated rings. The van der Waals surface area contributed by atoms with Crippen LogP contribution in [0.5, 0.6) is 0 Å². The van der Waals surface area contributed by atoms with Crippen molar-refractivity contribution in [2.75, 3.05) is 20.1 Å². The number of rotatable bonds is 7. The molecule has 2 heterocycles. The lowest BCUT2D eigenvalue weighted by molar-refractivity contribution is -0.142. The van der Waals surface area contributed by atoms with Crippen LogP contribution in [0.2, 0.25) is 10.0 Å². The average Bonchev–Trinajstić information content (AvgIpc) is 3.24. The van der Waals surface area contributed by atoms with Crippen molar-refractivity contribution in [2.24, 2.45) is 5.92 Å². The van der Waals surface area contributed by atoms with Gasteiger partial charge in [-0.25, -0.2) is 0 Å². The molecule has 2 aromatic rings. The first-order valence-electron chi connectivity index (χ1n) is 8.72. The van der Waals surface area contributed by atoms with E-state index in [0.717, 1.165) is 0 Å². The summed E-state index contributed by atoms with van der Waals surface area (Å²) in [6, 6.07) is 5.09. The van der Waals surface area contributed by atoms with Gasteiger partial charge in [-0.3, -0.25) is 14.4 Å². The predicted molar refractivity (Wildman–Crippen MR) is 102 cm³/mol. The summed E-state index contributed by atoms with van der Waals surface area (Å²) in [6.45, 7) is 0.525. The molecule has 1 aliphatic heterocycles.